The van der Waals surface area contributed by atoms with Crippen LogP contribution in [-0.4, -0.2) is 27.8 Å². The van der Waals surface area contributed by atoms with Crippen LogP contribution in [0.15, 0.2) is 0 Å². The van der Waals surface area contributed by atoms with Crippen molar-refractivity contribution in [2.75, 3.05) is 6.54 Å². The normalized spacial score (nSPS) is 15.5. The Kier molecular flexibility index (Phi) is 4.00. The van der Waals surface area contributed by atoms with E-state index in [0.29, 0.717) is 18.0 Å². The summed E-state index contributed by atoms with van der Waals surface area (Å²) in [7, 11) is 0. The molecule has 0 bridgehead atoms. The average Bonchev–Trinajstić information content (AvgIpc) is 2.46. The molecular weight excluding hydrogens is 200 g/mol. The largest absolute Gasteiger partial charge is 0.390 e. The molecule has 1 aromatic rings. The zero-order valence-electron chi connectivity index (χ0n) is 8.40. The van der Waals surface area contributed by atoms with Gasteiger partial charge in [-0.25, -0.2) is 4.98 Å². The standard InChI is InChI=1S/C9H16N2O2S/c1-5-6(2)14-9(11-5)8(13)7(12)3-4-10/h7-8,12-13H,3-4,10H2,1-2H3. The highest BCUT2D eigenvalue weighted by molar-refractivity contribution is 7.11. The molecule has 1 heterocycles. The van der Waals surface area contributed by atoms with E-state index in [1.54, 1.807) is 0 Å². The summed E-state index contributed by atoms with van der Waals surface area (Å²) in [4.78, 5) is 5.25. The molecule has 14 heavy (non-hydrogen) atoms. The summed E-state index contributed by atoms with van der Waals surface area (Å²) < 4.78 is 0. The Balaban J connectivity index is 2.73. The Morgan fingerprint density at radius 3 is 2.50 bits per heavy atom. The molecule has 0 saturated heterocycles. The topological polar surface area (TPSA) is 79.4 Å². The molecule has 4 nitrogen and oxygen atoms in total. The summed E-state index contributed by atoms with van der Waals surface area (Å²) in [5.74, 6) is 0. The third-order valence-electron chi connectivity index (χ3n) is 2.12. The first-order valence-electron chi connectivity index (χ1n) is 4.56. The van der Waals surface area contributed by atoms with Crippen molar-refractivity contribution in [2.24, 2.45) is 5.73 Å². The molecule has 0 aliphatic heterocycles. The molecule has 0 spiro atoms. The second kappa shape index (κ2) is 4.84. The highest BCUT2D eigenvalue weighted by Gasteiger charge is 2.21. The van der Waals surface area contributed by atoms with Crippen molar-refractivity contribution in [3.05, 3.63) is 15.6 Å². The predicted molar refractivity (Wildman–Crippen MR) is 56.2 cm³/mol. The molecule has 2 unspecified atom stereocenters. The highest BCUT2D eigenvalue weighted by Crippen LogP contribution is 2.25. The van der Waals surface area contributed by atoms with E-state index < -0.39 is 12.2 Å². The van der Waals surface area contributed by atoms with E-state index in [0.717, 1.165) is 10.6 Å². The fraction of sp³-hybridized carbons (Fsp3) is 0.667. The highest BCUT2D eigenvalue weighted by atomic mass is 32.1. The van der Waals surface area contributed by atoms with Gasteiger partial charge in [0.25, 0.3) is 0 Å². The maximum atomic E-state index is 9.70. The monoisotopic (exact) mass is 216 g/mol. The van der Waals surface area contributed by atoms with Gasteiger partial charge in [0.05, 0.1) is 11.8 Å². The van der Waals surface area contributed by atoms with Crippen molar-refractivity contribution >= 4 is 11.3 Å². The van der Waals surface area contributed by atoms with Crippen LogP contribution in [-0.2, 0) is 0 Å². The summed E-state index contributed by atoms with van der Waals surface area (Å²) in [6.07, 6.45) is -1.33. The molecule has 1 rings (SSSR count). The van der Waals surface area contributed by atoms with E-state index in [4.69, 9.17) is 5.73 Å². The van der Waals surface area contributed by atoms with Crippen LogP contribution in [0.3, 0.4) is 0 Å². The smallest absolute Gasteiger partial charge is 0.131 e. The third kappa shape index (κ3) is 2.51. The van der Waals surface area contributed by atoms with Gasteiger partial charge < -0.3 is 15.9 Å². The SMILES string of the molecule is Cc1nc(C(O)C(O)CCN)sc1C. The van der Waals surface area contributed by atoms with Crippen LogP contribution in [0.5, 0.6) is 0 Å². The van der Waals surface area contributed by atoms with Crippen molar-refractivity contribution in [3.8, 4) is 0 Å². The van der Waals surface area contributed by atoms with E-state index in [9.17, 15) is 10.2 Å². The first-order valence-corrected chi connectivity index (χ1v) is 5.38. The van der Waals surface area contributed by atoms with Gasteiger partial charge in [0.15, 0.2) is 0 Å². The minimum atomic E-state index is -0.907. The number of hydrogen-bond acceptors (Lipinski definition) is 5. The van der Waals surface area contributed by atoms with Crippen LogP contribution in [0.2, 0.25) is 0 Å². The van der Waals surface area contributed by atoms with Gasteiger partial charge >= 0.3 is 0 Å². The number of thiazole rings is 1. The molecule has 5 heteroatoms. The van der Waals surface area contributed by atoms with Gasteiger partial charge in [-0.1, -0.05) is 0 Å². The zero-order chi connectivity index (χ0) is 10.7. The Morgan fingerprint density at radius 2 is 2.07 bits per heavy atom. The maximum absolute atomic E-state index is 9.70. The first kappa shape index (κ1) is 11.6. The van der Waals surface area contributed by atoms with Gasteiger partial charge in [0.2, 0.25) is 0 Å². The molecule has 0 radical (unpaired) electrons. The van der Waals surface area contributed by atoms with E-state index in [1.807, 2.05) is 13.8 Å². The first-order chi connectivity index (χ1) is 6.56. The summed E-state index contributed by atoms with van der Waals surface area (Å²) in [6.45, 7) is 4.19. The van der Waals surface area contributed by atoms with Crippen molar-refractivity contribution in [2.45, 2.75) is 32.5 Å². The van der Waals surface area contributed by atoms with Gasteiger partial charge in [-0.15, -0.1) is 11.3 Å². The van der Waals surface area contributed by atoms with E-state index in [1.165, 1.54) is 11.3 Å². The van der Waals surface area contributed by atoms with Gasteiger partial charge in [-0.05, 0) is 26.8 Å². The molecule has 80 valence electrons. The van der Waals surface area contributed by atoms with Crippen molar-refractivity contribution < 1.29 is 10.2 Å². The summed E-state index contributed by atoms with van der Waals surface area (Å²) >= 11 is 1.41. The fourth-order valence-corrected chi connectivity index (χ4v) is 2.08. The summed E-state index contributed by atoms with van der Waals surface area (Å²) in [5, 5.41) is 19.8. The number of aryl methyl sites for hydroxylation is 2. The van der Waals surface area contributed by atoms with Gasteiger partial charge in [-0.3, -0.25) is 0 Å². The lowest BCUT2D eigenvalue weighted by Crippen LogP contribution is -2.21. The van der Waals surface area contributed by atoms with Crippen molar-refractivity contribution in [1.29, 1.82) is 0 Å². The lowest BCUT2D eigenvalue weighted by Gasteiger charge is -2.14. The zero-order valence-corrected chi connectivity index (χ0v) is 9.21. The second-order valence-electron chi connectivity index (χ2n) is 3.28. The van der Waals surface area contributed by atoms with Gasteiger partial charge in [0, 0.05) is 4.88 Å². The minimum absolute atomic E-state index is 0.363. The van der Waals surface area contributed by atoms with Crippen LogP contribution in [0, 0.1) is 13.8 Å². The lowest BCUT2D eigenvalue weighted by molar-refractivity contribution is 0.0148. The molecule has 0 aliphatic rings. The van der Waals surface area contributed by atoms with E-state index >= 15 is 0 Å². The fourth-order valence-electron chi connectivity index (χ4n) is 1.12. The summed E-state index contributed by atoms with van der Waals surface area (Å²) in [6, 6.07) is 0. The molecule has 0 aliphatic carbocycles. The molecule has 0 aromatic carbocycles. The number of hydrogen-bond donors (Lipinski definition) is 3. The Bertz CT molecular complexity index is 282. The van der Waals surface area contributed by atoms with Crippen LogP contribution in [0.4, 0.5) is 0 Å². The molecule has 0 fully saturated rings. The Hall–Kier alpha value is -0.490. The lowest BCUT2D eigenvalue weighted by atomic mass is 10.1. The molecule has 4 N–H and O–H groups in total. The Morgan fingerprint density at radius 1 is 1.43 bits per heavy atom. The van der Waals surface area contributed by atoms with Crippen LogP contribution in [0.1, 0.15) is 28.1 Å². The number of aliphatic hydroxyl groups is 2. The van der Waals surface area contributed by atoms with Gasteiger partial charge in [-0.2, -0.15) is 0 Å². The molecular formula is C9H16N2O2S. The minimum Gasteiger partial charge on any atom is -0.390 e. The summed E-state index contributed by atoms with van der Waals surface area (Å²) in [5.41, 5.74) is 6.20. The second-order valence-corrected chi connectivity index (χ2v) is 4.52. The van der Waals surface area contributed by atoms with E-state index in [2.05, 4.69) is 4.98 Å². The number of nitrogens with zero attached hydrogens (tertiary/aromatic N) is 1. The molecule has 0 amide bonds. The Labute approximate surface area is 87.4 Å². The molecule has 0 saturated carbocycles. The third-order valence-corrected chi connectivity index (χ3v) is 3.27. The van der Waals surface area contributed by atoms with Crippen molar-refractivity contribution in [1.82, 2.24) is 4.98 Å². The van der Waals surface area contributed by atoms with Crippen LogP contribution in [0.25, 0.3) is 0 Å². The van der Waals surface area contributed by atoms with Gasteiger partial charge in [0.1, 0.15) is 11.1 Å². The van der Waals surface area contributed by atoms with Crippen LogP contribution < -0.4 is 5.73 Å². The predicted octanol–water partition coefficient (Wildman–Crippen LogP) is 0.503. The molecule has 1 aromatic heterocycles. The number of aromatic nitrogens is 1. The van der Waals surface area contributed by atoms with Crippen molar-refractivity contribution in [3.63, 3.8) is 0 Å². The molecule has 2 atom stereocenters. The van der Waals surface area contributed by atoms with Crippen LogP contribution >= 0.6 is 11.3 Å². The number of rotatable bonds is 4. The van der Waals surface area contributed by atoms with E-state index in [-0.39, 0.29) is 0 Å². The number of aliphatic hydroxyl groups excluding tert-OH is 2. The average molecular weight is 216 g/mol. The quantitative estimate of drug-likeness (QED) is 0.685. The number of nitrogens with two attached hydrogens (primary N) is 1. The maximum Gasteiger partial charge on any atom is 0.131 e.